The number of ether oxygens (including phenoxy) is 3. The van der Waals surface area contributed by atoms with E-state index in [4.69, 9.17) is 4.74 Å². The second kappa shape index (κ2) is 5.36. The van der Waals surface area contributed by atoms with E-state index < -0.39 is 46.9 Å². The normalized spacial score (nSPS) is 34.8. The van der Waals surface area contributed by atoms with Crippen LogP contribution in [0, 0.1) is 25.7 Å². The van der Waals surface area contributed by atoms with Gasteiger partial charge in [0.1, 0.15) is 11.8 Å². The summed E-state index contributed by atoms with van der Waals surface area (Å²) in [4.78, 5) is 45.3. The molecule has 27 heavy (non-hydrogen) atoms. The van der Waals surface area contributed by atoms with Crippen LogP contribution in [0.3, 0.4) is 0 Å². The van der Waals surface area contributed by atoms with Gasteiger partial charge >= 0.3 is 23.9 Å². The van der Waals surface area contributed by atoms with Crippen LogP contribution in [-0.2, 0) is 23.8 Å². The van der Waals surface area contributed by atoms with Crippen LogP contribution in [0.4, 0.5) is 0 Å². The minimum atomic E-state index is -0.650. The average molecular weight is 370 g/mol. The molecule has 2 saturated heterocycles. The van der Waals surface area contributed by atoms with E-state index in [1.54, 1.807) is 13.8 Å². The zero-order valence-electron chi connectivity index (χ0n) is 15.3. The second-order valence-corrected chi connectivity index (χ2v) is 7.62. The minimum absolute atomic E-state index is 0.421. The Morgan fingerprint density at radius 2 is 1.15 bits per heavy atom. The molecule has 4 heterocycles. The first-order valence-electron chi connectivity index (χ1n) is 8.60. The van der Waals surface area contributed by atoms with Crippen LogP contribution in [0.2, 0.25) is 0 Å². The molecular formula is C20H18O7. The molecule has 4 aliphatic rings. The summed E-state index contributed by atoms with van der Waals surface area (Å²) >= 11 is 0. The maximum absolute atomic E-state index is 11.4. The molecule has 0 saturated carbocycles. The van der Waals surface area contributed by atoms with Gasteiger partial charge in [-0.2, -0.15) is 0 Å². The highest BCUT2D eigenvalue weighted by Gasteiger charge is 2.69. The van der Waals surface area contributed by atoms with Gasteiger partial charge in [-0.25, -0.2) is 9.59 Å². The standard InChI is InChI=1S/C10H10O4.C10H8O3/c1-9-3-4-10(2,14-9)6-5(9)7(11)13-8(6)12;1-5-3-4-6(2)8-7(5)9(11)13-10(8)12/h3-6H,1-2H3;3-4H,1-2H3. The van der Waals surface area contributed by atoms with Gasteiger partial charge in [0.15, 0.2) is 0 Å². The molecule has 1 aromatic carbocycles. The van der Waals surface area contributed by atoms with Crippen LogP contribution in [0.1, 0.15) is 45.7 Å². The predicted octanol–water partition coefficient (Wildman–Crippen LogP) is 2.03. The first-order chi connectivity index (χ1) is 12.6. The number of hydrogen-bond donors (Lipinski definition) is 0. The van der Waals surface area contributed by atoms with Crippen LogP contribution < -0.4 is 0 Å². The zero-order chi connectivity index (χ0) is 19.7. The van der Waals surface area contributed by atoms with E-state index in [-0.39, 0.29) is 0 Å². The molecule has 4 atom stereocenters. The van der Waals surface area contributed by atoms with Crippen molar-refractivity contribution in [3.05, 3.63) is 46.5 Å². The number of carbonyl (C=O) groups is 4. The third-order valence-electron chi connectivity index (χ3n) is 5.68. The highest BCUT2D eigenvalue weighted by molar-refractivity contribution is 6.16. The Morgan fingerprint density at radius 1 is 0.741 bits per heavy atom. The van der Waals surface area contributed by atoms with Crippen molar-refractivity contribution < 1.29 is 33.4 Å². The Balaban J connectivity index is 0.000000134. The monoisotopic (exact) mass is 370 g/mol. The SMILES string of the molecule is CC12C=CC(C)(O1)C1C(=O)OC(=O)C12.Cc1ccc(C)c2c1C(=O)OC2=O. The van der Waals surface area contributed by atoms with E-state index in [1.165, 1.54) is 0 Å². The molecule has 0 spiro atoms. The maximum atomic E-state index is 11.4. The van der Waals surface area contributed by atoms with E-state index in [2.05, 4.69) is 9.47 Å². The van der Waals surface area contributed by atoms with Gasteiger partial charge in [-0.05, 0) is 38.8 Å². The van der Waals surface area contributed by atoms with Crippen molar-refractivity contribution >= 4 is 23.9 Å². The lowest BCUT2D eigenvalue weighted by Gasteiger charge is -2.20. The Labute approximate surface area is 155 Å². The molecule has 1 aromatic rings. The third-order valence-corrected chi connectivity index (χ3v) is 5.68. The van der Waals surface area contributed by atoms with Crippen LogP contribution in [-0.4, -0.2) is 35.1 Å². The summed E-state index contributed by atoms with van der Waals surface area (Å²) in [5, 5.41) is 0. The Kier molecular flexibility index (Phi) is 3.49. The average Bonchev–Trinajstić information content (AvgIpc) is 3.23. The molecule has 0 aliphatic carbocycles. The molecule has 0 aromatic heterocycles. The molecule has 2 bridgehead atoms. The molecule has 0 amide bonds. The summed E-state index contributed by atoms with van der Waals surface area (Å²) in [6.07, 6.45) is 3.71. The molecule has 140 valence electrons. The van der Waals surface area contributed by atoms with Crippen molar-refractivity contribution in [1.29, 1.82) is 0 Å². The second-order valence-electron chi connectivity index (χ2n) is 7.62. The maximum Gasteiger partial charge on any atom is 0.347 e. The molecule has 2 fully saturated rings. The van der Waals surface area contributed by atoms with Gasteiger partial charge in [0.05, 0.1) is 22.3 Å². The lowest BCUT2D eigenvalue weighted by atomic mass is 9.73. The number of hydrogen-bond acceptors (Lipinski definition) is 7. The minimum Gasteiger partial charge on any atom is -0.393 e. The summed E-state index contributed by atoms with van der Waals surface area (Å²) in [7, 11) is 0. The van der Waals surface area contributed by atoms with Gasteiger partial charge in [-0.1, -0.05) is 24.3 Å². The fourth-order valence-corrected chi connectivity index (χ4v) is 4.36. The number of fused-ring (bicyclic) bond motifs is 6. The predicted molar refractivity (Wildman–Crippen MR) is 90.8 cm³/mol. The van der Waals surface area contributed by atoms with Gasteiger partial charge in [0, 0.05) is 0 Å². The summed E-state index contributed by atoms with van der Waals surface area (Å²) in [5.41, 5.74) is 1.12. The lowest BCUT2D eigenvalue weighted by molar-refractivity contribution is -0.160. The van der Waals surface area contributed by atoms with Gasteiger partial charge in [0.25, 0.3) is 0 Å². The molecule has 7 heteroatoms. The Morgan fingerprint density at radius 3 is 1.56 bits per heavy atom. The largest absolute Gasteiger partial charge is 0.393 e. The smallest absolute Gasteiger partial charge is 0.347 e. The topological polar surface area (TPSA) is 96.0 Å². The van der Waals surface area contributed by atoms with Crippen LogP contribution in [0.5, 0.6) is 0 Å². The lowest BCUT2D eigenvalue weighted by Crippen LogP contribution is -2.36. The first kappa shape index (κ1) is 17.6. The van der Waals surface area contributed by atoms with Crippen LogP contribution >= 0.6 is 0 Å². The van der Waals surface area contributed by atoms with Crippen molar-refractivity contribution in [2.75, 3.05) is 0 Å². The third kappa shape index (κ3) is 2.31. The number of cyclic esters (lactones) is 4. The molecule has 5 rings (SSSR count). The van der Waals surface area contributed by atoms with E-state index in [1.807, 2.05) is 38.1 Å². The highest BCUT2D eigenvalue weighted by Crippen LogP contribution is 2.56. The molecular weight excluding hydrogens is 352 g/mol. The van der Waals surface area contributed by atoms with Gasteiger partial charge in [0.2, 0.25) is 0 Å². The van der Waals surface area contributed by atoms with Crippen molar-refractivity contribution in [3.63, 3.8) is 0 Å². The van der Waals surface area contributed by atoms with Gasteiger partial charge in [-0.15, -0.1) is 0 Å². The van der Waals surface area contributed by atoms with Gasteiger partial charge in [-0.3, -0.25) is 9.59 Å². The van der Waals surface area contributed by atoms with E-state index >= 15 is 0 Å². The molecule has 4 unspecified atom stereocenters. The van der Waals surface area contributed by atoms with E-state index in [0.717, 1.165) is 11.1 Å². The Bertz CT molecular complexity index is 886. The summed E-state index contributed by atoms with van der Waals surface area (Å²) in [5.74, 6) is -2.86. The highest BCUT2D eigenvalue weighted by atomic mass is 16.6. The van der Waals surface area contributed by atoms with Crippen molar-refractivity contribution in [2.24, 2.45) is 11.8 Å². The van der Waals surface area contributed by atoms with E-state index in [0.29, 0.717) is 11.1 Å². The number of benzene rings is 1. The van der Waals surface area contributed by atoms with E-state index in [9.17, 15) is 19.2 Å². The zero-order valence-corrected chi connectivity index (χ0v) is 15.3. The van der Waals surface area contributed by atoms with Crippen molar-refractivity contribution in [3.8, 4) is 0 Å². The summed E-state index contributed by atoms with van der Waals surface area (Å²) in [6.45, 7) is 7.22. The van der Waals surface area contributed by atoms with Crippen molar-refractivity contribution in [1.82, 2.24) is 0 Å². The summed E-state index contributed by atoms with van der Waals surface area (Å²) in [6, 6.07) is 3.63. The number of aryl methyl sites for hydroxylation is 2. The number of esters is 4. The van der Waals surface area contributed by atoms with Crippen LogP contribution in [0.15, 0.2) is 24.3 Å². The quantitative estimate of drug-likeness (QED) is 0.392. The summed E-state index contributed by atoms with van der Waals surface area (Å²) < 4.78 is 14.9. The fraction of sp³-hybridized carbons (Fsp3) is 0.400. The first-order valence-corrected chi connectivity index (χ1v) is 8.60. The molecule has 4 aliphatic heterocycles. The number of rotatable bonds is 0. The van der Waals surface area contributed by atoms with Crippen molar-refractivity contribution in [2.45, 2.75) is 38.9 Å². The fourth-order valence-electron chi connectivity index (χ4n) is 4.36. The molecule has 0 N–H and O–H groups in total. The number of carbonyl (C=O) groups excluding carboxylic acids is 4. The molecule has 7 nitrogen and oxygen atoms in total. The molecule has 0 radical (unpaired) electrons. The van der Waals surface area contributed by atoms with Gasteiger partial charge < -0.3 is 14.2 Å². The Hall–Kier alpha value is -2.80. The van der Waals surface area contributed by atoms with Crippen LogP contribution in [0.25, 0.3) is 0 Å².